The second-order valence-corrected chi connectivity index (χ2v) is 4.75. The van der Waals surface area contributed by atoms with Crippen LogP contribution < -0.4 is 5.56 Å². The van der Waals surface area contributed by atoms with Crippen molar-refractivity contribution in [2.75, 3.05) is 0 Å². The molecule has 0 saturated carbocycles. The quantitative estimate of drug-likeness (QED) is 0.913. The van der Waals surface area contributed by atoms with E-state index in [2.05, 4.69) is 20.9 Å². The number of hydrogen-bond donors (Lipinski definition) is 1. The van der Waals surface area contributed by atoms with Gasteiger partial charge in [0.1, 0.15) is 0 Å². The predicted molar refractivity (Wildman–Crippen MR) is 65.8 cm³/mol. The molecule has 2 aromatic rings. The summed E-state index contributed by atoms with van der Waals surface area (Å²) in [6, 6.07) is 4.72. The zero-order valence-electron chi connectivity index (χ0n) is 9.36. The first-order valence-electron chi connectivity index (χ1n) is 5.19. The van der Waals surface area contributed by atoms with Crippen molar-refractivity contribution >= 4 is 26.8 Å². The number of rotatable bonds is 2. The molecule has 8 heteroatoms. The number of aliphatic hydroxyl groups excluding tert-OH is 1. The standard InChI is InChI=1S/C11H8BrF3N2O2/c12-7-3-1-2-6-9(7)16-5-17(10(6)19)4-8(18)11(13,14)15/h1-3,5,8,18H,4H2/t8-/m1/s1. The summed E-state index contributed by atoms with van der Waals surface area (Å²) in [6.45, 7) is -0.877. The highest BCUT2D eigenvalue weighted by atomic mass is 79.9. The summed E-state index contributed by atoms with van der Waals surface area (Å²) >= 11 is 3.20. The van der Waals surface area contributed by atoms with Gasteiger partial charge in [-0.25, -0.2) is 4.98 Å². The third-order valence-corrected chi connectivity index (χ3v) is 3.19. The van der Waals surface area contributed by atoms with Crippen molar-refractivity contribution in [1.29, 1.82) is 0 Å². The van der Waals surface area contributed by atoms with Crippen LogP contribution in [0.3, 0.4) is 0 Å². The first-order valence-corrected chi connectivity index (χ1v) is 5.98. The zero-order chi connectivity index (χ0) is 14.2. The number of fused-ring (bicyclic) bond motifs is 1. The van der Waals surface area contributed by atoms with E-state index < -0.39 is 24.4 Å². The summed E-state index contributed by atoms with van der Waals surface area (Å²) < 4.78 is 38.1. The van der Waals surface area contributed by atoms with Gasteiger partial charge in [0.25, 0.3) is 5.56 Å². The lowest BCUT2D eigenvalue weighted by molar-refractivity contribution is -0.207. The molecule has 19 heavy (non-hydrogen) atoms. The number of hydrogen-bond acceptors (Lipinski definition) is 3. The van der Waals surface area contributed by atoms with Gasteiger partial charge in [-0.1, -0.05) is 6.07 Å². The minimum Gasteiger partial charge on any atom is -0.382 e. The number of benzene rings is 1. The Labute approximate surface area is 113 Å². The molecule has 0 fully saturated rings. The van der Waals surface area contributed by atoms with Crippen LogP contribution in [-0.2, 0) is 6.54 Å². The van der Waals surface area contributed by atoms with E-state index in [4.69, 9.17) is 5.11 Å². The Bertz CT molecular complexity index is 669. The minimum absolute atomic E-state index is 0.186. The van der Waals surface area contributed by atoms with Crippen LogP contribution in [0, 0.1) is 0 Å². The normalized spacial score (nSPS) is 13.7. The maximum atomic E-state index is 12.3. The number of aliphatic hydroxyl groups is 1. The van der Waals surface area contributed by atoms with Gasteiger partial charge in [-0.15, -0.1) is 0 Å². The average Bonchev–Trinajstić information content (AvgIpc) is 2.32. The van der Waals surface area contributed by atoms with Gasteiger partial charge in [-0.3, -0.25) is 9.36 Å². The van der Waals surface area contributed by atoms with Gasteiger partial charge in [-0.2, -0.15) is 13.2 Å². The summed E-state index contributed by atoms with van der Waals surface area (Å²) in [5, 5.41) is 9.15. The molecule has 1 heterocycles. The second-order valence-electron chi connectivity index (χ2n) is 3.90. The fourth-order valence-electron chi connectivity index (χ4n) is 1.57. The monoisotopic (exact) mass is 336 g/mol. The van der Waals surface area contributed by atoms with E-state index in [0.717, 1.165) is 10.9 Å². The molecule has 4 nitrogen and oxygen atoms in total. The fraction of sp³-hybridized carbons (Fsp3) is 0.273. The van der Waals surface area contributed by atoms with Crippen LogP contribution in [0.1, 0.15) is 0 Å². The third kappa shape index (κ3) is 2.79. The Hall–Kier alpha value is -1.41. The lowest BCUT2D eigenvalue weighted by Gasteiger charge is -2.15. The molecule has 0 spiro atoms. The van der Waals surface area contributed by atoms with Crippen molar-refractivity contribution in [3.05, 3.63) is 39.4 Å². The summed E-state index contributed by atoms with van der Waals surface area (Å²) in [5.41, 5.74) is -0.264. The van der Waals surface area contributed by atoms with Crippen LogP contribution in [-0.4, -0.2) is 26.9 Å². The Kier molecular flexibility index (Phi) is 3.64. The van der Waals surface area contributed by atoms with Gasteiger partial charge < -0.3 is 5.11 Å². The van der Waals surface area contributed by atoms with E-state index in [-0.39, 0.29) is 5.39 Å². The minimum atomic E-state index is -4.77. The molecule has 2 rings (SSSR count). The molecule has 1 N–H and O–H groups in total. The van der Waals surface area contributed by atoms with E-state index >= 15 is 0 Å². The highest BCUT2D eigenvalue weighted by Gasteiger charge is 2.38. The van der Waals surface area contributed by atoms with Gasteiger partial charge >= 0.3 is 6.18 Å². The Morgan fingerprint density at radius 1 is 1.42 bits per heavy atom. The molecule has 0 aliphatic heterocycles. The Balaban J connectivity index is 2.47. The van der Waals surface area contributed by atoms with Crippen molar-refractivity contribution in [3.8, 4) is 0 Å². The molecule has 0 radical (unpaired) electrons. The van der Waals surface area contributed by atoms with E-state index in [1.54, 1.807) is 12.1 Å². The van der Waals surface area contributed by atoms with Crippen molar-refractivity contribution in [2.45, 2.75) is 18.8 Å². The molecule has 0 aliphatic carbocycles. The van der Waals surface area contributed by atoms with E-state index in [1.165, 1.54) is 6.07 Å². The van der Waals surface area contributed by atoms with Crippen LogP contribution in [0.2, 0.25) is 0 Å². The third-order valence-electron chi connectivity index (χ3n) is 2.55. The molecule has 1 aromatic carbocycles. The molecular formula is C11H8BrF3N2O2. The maximum absolute atomic E-state index is 12.3. The maximum Gasteiger partial charge on any atom is 0.416 e. The van der Waals surface area contributed by atoms with Gasteiger partial charge in [0, 0.05) is 4.47 Å². The van der Waals surface area contributed by atoms with Gasteiger partial charge in [0.2, 0.25) is 0 Å². The molecule has 102 valence electrons. The first kappa shape index (κ1) is 14.0. The lowest BCUT2D eigenvalue weighted by atomic mass is 10.2. The topological polar surface area (TPSA) is 55.1 Å². The number of alkyl halides is 3. The number of para-hydroxylation sites is 1. The predicted octanol–water partition coefficient (Wildman–Crippen LogP) is 2.08. The van der Waals surface area contributed by atoms with Crippen LogP contribution >= 0.6 is 15.9 Å². The summed E-state index contributed by atoms with van der Waals surface area (Å²) in [5.74, 6) is 0. The van der Waals surface area contributed by atoms with Gasteiger partial charge in [-0.05, 0) is 28.1 Å². The van der Waals surface area contributed by atoms with Crippen molar-refractivity contribution in [1.82, 2.24) is 9.55 Å². The van der Waals surface area contributed by atoms with Crippen LogP contribution in [0.15, 0.2) is 33.8 Å². The van der Waals surface area contributed by atoms with Crippen LogP contribution in [0.25, 0.3) is 10.9 Å². The number of halogens is 4. The number of nitrogens with zero attached hydrogens (tertiary/aromatic N) is 2. The summed E-state index contributed by atoms with van der Waals surface area (Å²) in [4.78, 5) is 15.9. The summed E-state index contributed by atoms with van der Waals surface area (Å²) in [7, 11) is 0. The SMILES string of the molecule is O=c1c2cccc(Br)c2ncn1C[C@@H](O)C(F)(F)F. The fourth-order valence-corrected chi connectivity index (χ4v) is 2.04. The number of aromatic nitrogens is 2. The molecule has 1 atom stereocenters. The van der Waals surface area contributed by atoms with E-state index in [1.807, 2.05) is 0 Å². The lowest BCUT2D eigenvalue weighted by Crippen LogP contribution is -2.36. The van der Waals surface area contributed by atoms with Gasteiger partial charge in [0.05, 0.1) is 23.8 Å². The largest absolute Gasteiger partial charge is 0.416 e. The molecule has 0 aliphatic rings. The first-order chi connectivity index (χ1) is 8.80. The van der Waals surface area contributed by atoms with Crippen molar-refractivity contribution in [2.24, 2.45) is 0 Å². The molecule has 0 unspecified atom stereocenters. The molecule has 0 bridgehead atoms. The van der Waals surface area contributed by atoms with E-state index in [0.29, 0.717) is 9.99 Å². The Morgan fingerprint density at radius 2 is 2.11 bits per heavy atom. The van der Waals surface area contributed by atoms with Crippen molar-refractivity contribution in [3.63, 3.8) is 0 Å². The highest BCUT2D eigenvalue weighted by molar-refractivity contribution is 9.10. The van der Waals surface area contributed by atoms with Crippen molar-refractivity contribution < 1.29 is 18.3 Å². The molecule has 0 amide bonds. The molecule has 1 aromatic heterocycles. The van der Waals surface area contributed by atoms with E-state index in [9.17, 15) is 18.0 Å². The Morgan fingerprint density at radius 3 is 2.74 bits per heavy atom. The smallest absolute Gasteiger partial charge is 0.382 e. The summed E-state index contributed by atoms with van der Waals surface area (Å²) in [6.07, 6.45) is -6.38. The zero-order valence-corrected chi connectivity index (χ0v) is 10.9. The molecular weight excluding hydrogens is 329 g/mol. The van der Waals surface area contributed by atoms with Gasteiger partial charge in [0.15, 0.2) is 6.10 Å². The average molecular weight is 337 g/mol. The second kappa shape index (κ2) is 4.93. The van der Waals surface area contributed by atoms with Crippen LogP contribution in [0.4, 0.5) is 13.2 Å². The highest BCUT2D eigenvalue weighted by Crippen LogP contribution is 2.22. The van der Waals surface area contributed by atoms with Crippen LogP contribution in [0.5, 0.6) is 0 Å². The molecule has 0 saturated heterocycles.